The number of anilines is 2. The second-order valence-corrected chi connectivity index (χ2v) is 8.05. The van der Waals surface area contributed by atoms with Gasteiger partial charge in [0.1, 0.15) is 23.7 Å². The molecule has 0 radical (unpaired) electrons. The van der Waals surface area contributed by atoms with E-state index in [0.717, 1.165) is 40.9 Å². The van der Waals surface area contributed by atoms with Gasteiger partial charge in [0.05, 0.1) is 11.4 Å². The fraction of sp³-hybridized carbons (Fsp3) is 0.208. The first kappa shape index (κ1) is 20.6. The molecule has 9 nitrogen and oxygen atoms in total. The summed E-state index contributed by atoms with van der Waals surface area (Å²) in [4.78, 5) is 24.5. The number of hydrogen-bond donors (Lipinski definition) is 3. The molecule has 4 N–H and O–H groups in total. The highest BCUT2D eigenvalue weighted by molar-refractivity contribution is 5.98. The van der Waals surface area contributed by atoms with Crippen LogP contribution in [0.5, 0.6) is 0 Å². The average Bonchev–Trinajstić information content (AvgIpc) is 3.21. The molecule has 3 aromatic heterocycles. The minimum Gasteiger partial charge on any atom is -0.383 e. The number of nitrogens with two attached hydrogens (primary N) is 1. The number of nitrogens with zero attached hydrogens (tertiary/aromatic N) is 5. The standard InChI is InChI=1S/C24H24N8O/c1-2-20(33)30-17-11-18(12-17)32-24-21(23(25)28-14-29-24)22(31-32)16-8-6-15(7-9-16)13-27-19-5-3-4-10-26-19/h2-10,14,17-18H,1,11-13H2,(H,26,27)(H,30,33)(H2,25,28,29). The van der Waals surface area contributed by atoms with Crippen LogP contribution >= 0.6 is 0 Å². The molecule has 0 aliphatic heterocycles. The zero-order valence-corrected chi connectivity index (χ0v) is 18.0. The largest absolute Gasteiger partial charge is 0.383 e. The van der Waals surface area contributed by atoms with E-state index in [-0.39, 0.29) is 18.0 Å². The number of hydrogen-bond acceptors (Lipinski definition) is 7. The summed E-state index contributed by atoms with van der Waals surface area (Å²) in [5, 5.41) is 11.9. The van der Waals surface area contributed by atoms with E-state index >= 15 is 0 Å². The minimum atomic E-state index is -0.159. The van der Waals surface area contributed by atoms with Crippen LogP contribution in [0.25, 0.3) is 22.3 Å². The summed E-state index contributed by atoms with van der Waals surface area (Å²) >= 11 is 0. The van der Waals surface area contributed by atoms with Crippen LogP contribution in [0.1, 0.15) is 24.4 Å². The summed E-state index contributed by atoms with van der Waals surface area (Å²) in [6.07, 6.45) is 6.06. The van der Waals surface area contributed by atoms with Crippen molar-refractivity contribution in [2.24, 2.45) is 0 Å². The maximum absolute atomic E-state index is 11.6. The molecule has 4 aromatic rings. The monoisotopic (exact) mass is 440 g/mol. The van der Waals surface area contributed by atoms with Gasteiger partial charge in [-0.15, -0.1) is 0 Å². The van der Waals surface area contributed by atoms with Crippen LogP contribution in [0.3, 0.4) is 0 Å². The normalized spacial score (nSPS) is 17.3. The van der Waals surface area contributed by atoms with Crippen molar-refractivity contribution in [3.8, 4) is 11.3 Å². The molecular weight excluding hydrogens is 416 g/mol. The Bertz CT molecular complexity index is 1290. The number of benzene rings is 1. The SMILES string of the molecule is C=CC(=O)NC1CC(n2nc(-c3ccc(CNc4ccccn4)cc3)c3c(N)ncnc32)C1. The van der Waals surface area contributed by atoms with Crippen molar-refractivity contribution in [3.63, 3.8) is 0 Å². The van der Waals surface area contributed by atoms with Gasteiger partial charge >= 0.3 is 0 Å². The number of nitrogens with one attached hydrogen (secondary N) is 2. The van der Waals surface area contributed by atoms with E-state index in [9.17, 15) is 4.79 Å². The molecule has 33 heavy (non-hydrogen) atoms. The summed E-state index contributed by atoms with van der Waals surface area (Å²) in [6.45, 7) is 4.17. The van der Waals surface area contributed by atoms with Crippen LogP contribution in [-0.2, 0) is 11.3 Å². The Hall–Kier alpha value is -4.27. The molecule has 1 aliphatic carbocycles. The van der Waals surface area contributed by atoms with Crippen LogP contribution in [0, 0.1) is 0 Å². The van der Waals surface area contributed by atoms with E-state index in [1.807, 2.05) is 35.0 Å². The van der Waals surface area contributed by atoms with Gasteiger partial charge in [0.25, 0.3) is 0 Å². The zero-order valence-electron chi connectivity index (χ0n) is 18.0. The third-order valence-corrected chi connectivity index (χ3v) is 5.87. The van der Waals surface area contributed by atoms with Crippen molar-refractivity contribution >= 4 is 28.6 Å². The van der Waals surface area contributed by atoms with Crippen molar-refractivity contribution in [3.05, 3.63) is 73.2 Å². The van der Waals surface area contributed by atoms with E-state index in [1.54, 1.807) is 6.20 Å². The Kier molecular flexibility index (Phi) is 5.43. The molecule has 166 valence electrons. The van der Waals surface area contributed by atoms with Gasteiger partial charge in [-0.1, -0.05) is 36.9 Å². The number of nitrogen functional groups attached to an aromatic ring is 1. The smallest absolute Gasteiger partial charge is 0.243 e. The van der Waals surface area contributed by atoms with Crippen LogP contribution in [0.4, 0.5) is 11.6 Å². The van der Waals surface area contributed by atoms with Crippen LogP contribution in [0.15, 0.2) is 67.6 Å². The van der Waals surface area contributed by atoms with Gasteiger partial charge in [-0.25, -0.2) is 19.6 Å². The lowest BCUT2D eigenvalue weighted by atomic mass is 9.87. The van der Waals surface area contributed by atoms with E-state index in [0.29, 0.717) is 18.0 Å². The van der Waals surface area contributed by atoms with Crippen molar-refractivity contribution in [2.75, 3.05) is 11.1 Å². The Balaban J connectivity index is 1.38. The highest BCUT2D eigenvalue weighted by atomic mass is 16.1. The average molecular weight is 441 g/mol. The maximum atomic E-state index is 11.6. The van der Waals surface area contributed by atoms with Crippen LogP contribution in [-0.4, -0.2) is 36.7 Å². The summed E-state index contributed by atoms with van der Waals surface area (Å²) in [6, 6.07) is 14.2. The third kappa shape index (κ3) is 4.12. The van der Waals surface area contributed by atoms with Gasteiger partial charge in [-0.05, 0) is 36.6 Å². The van der Waals surface area contributed by atoms with Gasteiger partial charge in [0, 0.05) is 24.3 Å². The van der Waals surface area contributed by atoms with Crippen molar-refractivity contribution in [1.82, 2.24) is 30.0 Å². The molecule has 1 aromatic carbocycles. The molecule has 0 spiro atoms. The van der Waals surface area contributed by atoms with Crippen molar-refractivity contribution in [1.29, 1.82) is 0 Å². The number of rotatable bonds is 7. The van der Waals surface area contributed by atoms with Gasteiger partial charge in [0.2, 0.25) is 5.91 Å². The minimum absolute atomic E-state index is 0.105. The molecule has 5 rings (SSSR count). The van der Waals surface area contributed by atoms with Gasteiger partial charge < -0.3 is 16.4 Å². The van der Waals surface area contributed by atoms with Gasteiger partial charge in [-0.2, -0.15) is 5.10 Å². The van der Waals surface area contributed by atoms with E-state index in [4.69, 9.17) is 10.8 Å². The lowest BCUT2D eigenvalue weighted by molar-refractivity contribution is -0.117. The second kappa shape index (κ2) is 8.70. The molecular formula is C24H24N8O. The molecule has 1 fully saturated rings. The molecule has 1 saturated carbocycles. The van der Waals surface area contributed by atoms with E-state index in [1.165, 1.54) is 12.4 Å². The second-order valence-electron chi connectivity index (χ2n) is 8.05. The fourth-order valence-corrected chi connectivity index (χ4v) is 4.06. The predicted octanol–water partition coefficient (Wildman–Crippen LogP) is 3.09. The molecule has 1 aliphatic rings. The number of pyridine rings is 1. The topological polar surface area (TPSA) is 124 Å². The third-order valence-electron chi connectivity index (χ3n) is 5.87. The van der Waals surface area contributed by atoms with E-state index < -0.39 is 0 Å². The first-order chi connectivity index (χ1) is 16.1. The van der Waals surface area contributed by atoms with Gasteiger partial charge in [-0.3, -0.25) is 4.79 Å². The zero-order chi connectivity index (χ0) is 22.8. The van der Waals surface area contributed by atoms with Crippen molar-refractivity contribution in [2.45, 2.75) is 31.5 Å². The molecule has 0 unspecified atom stereocenters. The predicted molar refractivity (Wildman–Crippen MR) is 127 cm³/mol. The van der Waals surface area contributed by atoms with Crippen LogP contribution in [0.2, 0.25) is 0 Å². The number of aromatic nitrogens is 5. The highest BCUT2D eigenvalue weighted by Crippen LogP contribution is 2.38. The van der Waals surface area contributed by atoms with E-state index in [2.05, 4.69) is 44.3 Å². The molecule has 3 heterocycles. The van der Waals surface area contributed by atoms with Gasteiger partial charge in [0.15, 0.2) is 5.65 Å². The number of amides is 1. The fourth-order valence-electron chi connectivity index (χ4n) is 4.06. The Morgan fingerprint density at radius 3 is 2.70 bits per heavy atom. The summed E-state index contributed by atoms with van der Waals surface area (Å²) in [5.41, 5.74) is 9.76. The summed E-state index contributed by atoms with van der Waals surface area (Å²) in [5.74, 6) is 1.07. The summed E-state index contributed by atoms with van der Waals surface area (Å²) in [7, 11) is 0. The maximum Gasteiger partial charge on any atom is 0.243 e. The number of carbonyl (C=O) groups is 1. The first-order valence-electron chi connectivity index (χ1n) is 10.8. The van der Waals surface area contributed by atoms with Crippen molar-refractivity contribution < 1.29 is 4.79 Å². The number of fused-ring (bicyclic) bond motifs is 1. The number of carbonyl (C=O) groups excluding carboxylic acids is 1. The Morgan fingerprint density at radius 1 is 1.15 bits per heavy atom. The first-order valence-corrected chi connectivity index (χ1v) is 10.8. The highest BCUT2D eigenvalue weighted by Gasteiger charge is 2.34. The molecule has 9 heteroatoms. The quantitative estimate of drug-likeness (QED) is 0.377. The molecule has 0 bridgehead atoms. The Labute approximate surface area is 190 Å². The Morgan fingerprint density at radius 2 is 1.97 bits per heavy atom. The lowest BCUT2D eigenvalue weighted by Gasteiger charge is -2.35. The molecule has 0 saturated heterocycles. The van der Waals surface area contributed by atoms with Crippen LogP contribution < -0.4 is 16.4 Å². The molecule has 1 amide bonds. The molecule has 0 atom stereocenters. The summed E-state index contributed by atoms with van der Waals surface area (Å²) < 4.78 is 1.91. The lowest BCUT2D eigenvalue weighted by Crippen LogP contribution is -2.44.